The molecule has 0 aliphatic carbocycles. The van der Waals surface area contributed by atoms with Crippen LogP contribution in [-0.4, -0.2) is 68.5 Å². The second kappa shape index (κ2) is 10.9. The number of hydrogen-bond acceptors (Lipinski definition) is 4. The van der Waals surface area contributed by atoms with Crippen molar-refractivity contribution in [1.29, 1.82) is 0 Å². The minimum atomic E-state index is 0. The smallest absolute Gasteiger partial charge is 0.191 e. The maximum absolute atomic E-state index is 6.00. The highest BCUT2D eigenvalue weighted by atomic mass is 127. The molecule has 3 heterocycles. The molecule has 3 saturated heterocycles. The van der Waals surface area contributed by atoms with Crippen LogP contribution in [0.15, 0.2) is 29.3 Å². The summed E-state index contributed by atoms with van der Waals surface area (Å²) in [6.45, 7) is 9.38. The molecule has 3 aliphatic rings. The molecule has 4 unspecified atom stereocenters. The number of ether oxygens (including phenoxy) is 2. The molecule has 29 heavy (non-hydrogen) atoms. The van der Waals surface area contributed by atoms with Gasteiger partial charge >= 0.3 is 0 Å². The predicted octanol–water partition coefficient (Wildman–Crippen LogP) is 2.86. The van der Waals surface area contributed by atoms with E-state index in [0.29, 0.717) is 18.2 Å². The van der Waals surface area contributed by atoms with E-state index in [0.717, 1.165) is 51.8 Å². The van der Waals surface area contributed by atoms with E-state index in [1.54, 1.807) is 0 Å². The summed E-state index contributed by atoms with van der Waals surface area (Å²) in [7, 11) is 0. The van der Waals surface area contributed by atoms with Crippen molar-refractivity contribution in [1.82, 2.24) is 15.5 Å². The van der Waals surface area contributed by atoms with Gasteiger partial charge in [0.15, 0.2) is 5.96 Å². The number of nitrogens with one attached hydrogen (secondary N) is 2. The molecule has 3 aliphatic heterocycles. The van der Waals surface area contributed by atoms with Gasteiger partial charge in [0.2, 0.25) is 0 Å². The van der Waals surface area contributed by atoms with Crippen LogP contribution >= 0.6 is 24.0 Å². The lowest BCUT2D eigenvalue weighted by molar-refractivity contribution is 0.0179. The number of hydrogen-bond donors (Lipinski definition) is 2. The number of nitrogens with zero attached hydrogens (tertiary/aromatic N) is 2. The van der Waals surface area contributed by atoms with Gasteiger partial charge in [0, 0.05) is 19.6 Å². The largest absolute Gasteiger partial charge is 0.379 e. The molecular formula is C22H35IN4O2. The summed E-state index contributed by atoms with van der Waals surface area (Å²) in [6.07, 6.45) is 4.27. The third kappa shape index (κ3) is 5.83. The molecule has 0 saturated carbocycles. The fourth-order valence-corrected chi connectivity index (χ4v) is 4.66. The van der Waals surface area contributed by atoms with Crippen molar-refractivity contribution < 1.29 is 9.47 Å². The highest BCUT2D eigenvalue weighted by Gasteiger charge is 2.41. The van der Waals surface area contributed by atoms with Crippen molar-refractivity contribution in [3.8, 4) is 0 Å². The molecule has 0 aromatic heterocycles. The standard InChI is InChI=1S/C22H34N4O2.HI/c1-3-23-22(25-19-14-18-7-8-21(19)28-18)24-15-20(26-9-11-27-12-10-26)17-6-4-5-16(2)13-17;/h4-6,13,18-21H,3,7-12,14-15H2,1-2H3,(H2,23,24,25);1H. The molecule has 1 aromatic rings. The highest BCUT2D eigenvalue weighted by Crippen LogP contribution is 2.34. The predicted molar refractivity (Wildman–Crippen MR) is 127 cm³/mol. The first-order valence-corrected chi connectivity index (χ1v) is 10.8. The van der Waals surface area contributed by atoms with Crippen molar-refractivity contribution in [2.45, 2.75) is 57.4 Å². The summed E-state index contributed by atoms with van der Waals surface area (Å²) in [5, 5.41) is 7.07. The normalized spacial score (nSPS) is 28.1. The maximum atomic E-state index is 6.00. The van der Waals surface area contributed by atoms with Gasteiger partial charge in [-0.15, -0.1) is 24.0 Å². The number of rotatable bonds is 6. The second-order valence-corrected chi connectivity index (χ2v) is 8.16. The number of guanidine groups is 1. The number of fused-ring (bicyclic) bond motifs is 2. The van der Waals surface area contributed by atoms with Crippen molar-refractivity contribution in [3.05, 3.63) is 35.4 Å². The fraction of sp³-hybridized carbons (Fsp3) is 0.682. The van der Waals surface area contributed by atoms with Crippen molar-refractivity contribution in [2.75, 3.05) is 39.4 Å². The Kier molecular flexibility index (Phi) is 8.58. The van der Waals surface area contributed by atoms with E-state index >= 15 is 0 Å². The van der Waals surface area contributed by atoms with Gasteiger partial charge in [-0.3, -0.25) is 9.89 Å². The maximum Gasteiger partial charge on any atom is 0.191 e. The lowest BCUT2D eigenvalue weighted by atomic mass is 9.96. The molecule has 4 rings (SSSR count). The van der Waals surface area contributed by atoms with Crippen LogP contribution in [-0.2, 0) is 9.47 Å². The number of morpholine rings is 1. The number of halogens is 1. The van der Waals surface area contributed by atoms with Crippen LogP contribution in [0.25, 0.3) is 0 Å². The van der Waals surface area contributed by atoms with Crippen LogP contribution in [0.5, 0.6) is 0 Å². The molecule has 2 bridgehead atoms. The van der Waals surface area contributed by atoms with E-state index in [4.69, 9.17) is 14.5 Å². The molecule has 0 spiro atoms. The Morgan fingerprint density at radius 2 is 2.10 bits per heavy atom. The van der Waals surface area contributed by atoms with Gasteiger partial charge in [0.25, 0.3) is 0 Å². The van der Waals surface area contributed by atoms with Crippen LogP contribution in [0.2, 0.25) is 0 Å². The zero-order valence-corrected chi connectivity index (χ0v) is 19.9. The monoisotopic (exact) mass is 514 g/mol. The van der Waals surface area contributed by atoms with Crippen molar-refractivity contribution in [2.24, 2.45) is 4.99 Å². The van der Waals surface area contributed by atoms with Gasteiger partial charge in [0.1, 0.15) is 0 Å². The van der Waals surface area contributed by atoms with Gasteiger partial charge in [-0.25, -0.2) is 0 Å². The van der Waals surface area contributed by atoms with Gasteiger partial charge in [-0.05, 0) is 38.7 Å². The van der Waals surface area contributed by atoms with E-state index < -0.39 is 0 Å². The van der Waals surface area contributed by atoms with Crippen LogP contribution in [0.1, 0.15) is 43.4 Å². The average Bonchev–Trinajstić information content (AvgIpc) is 3.32. The third-order valence-electron chi connectivity index (χ3n) is 6.11. The summed E-state index contributed by atoms with van der Waals surface area (Å²) in [4.78, 5) is 7.50. The Balaban J connectivity index is 0.00000240. The number of aryl methyl sites for hydroxylation is 1. The summed E-state index contributed by atoms with van der Waals surface area (Å²) >= 11 is 0. The zero-order valence-electron chi connectivity index (χ0n) is 17.6. The molecule has 7 heteroatoms. The van der Waals surface area contributed by atoms with E-state index in [9.17, 15) is 0 Å². The Bertz CT molecular complexity index is 681. The Labute approximate surface area is 191 Å². The first-order valence-electron chi connectivity index (χ1n) is 10.8. The van der Waals surface area contributed by atoms with Crippen LogP contribution in [0.4, 0.5) is 0 Å². The summed E-state index contributed by atoms with van der Waals surface area (Å²) in [6, 6.07) is 9.49. The van der Waals surface area contributed by atoms with Crippen LogP contribution in [0, 0.1) is 6.92 Å². The molecule has 4 atom stereocenters. The molecule has 3 fully saturated rings. The zero-order chi connectivity index (χ0) is 19.3. The minimum absolute atomic E-state index is 0. The SMILES string of the molecule is CCNC(=NCC(c1cccc(C)c1)N1CCOCC1)NC1CC2CCC1O2.I. The second-order valence-electron chi connectivity index (χ2n) is 8.16. The highest BCUT2D eigenvalue weighted by molar-refractivity contribution is 14.0. The van der Waals surface area contributed by atoms with E-state index in [-0.39, 0.29) is 30.0 Å². The van der Waals surface area contributed by atoms with Crippen molar-refractivity contribution in [3.63, 3.8) is 0 Å². The van der Waals surface area contributed by atoms with Gasteiger partial charge in [0.05, 0.1) is 44.1 Å². The van der Waals surface area contributed by atoms with E-state index in [1.807, 2.05) is 0 Å². The Morgan fingerprint density at radius 1 is 1.28 bits per heavy atom. The summed E-state index contributed by atoms with van der Waals surface area (Å²) < 4.78 is 11.6. The molecule has 2 N–H and O–H groups in total. The van der Waals surface area contributed by atoms with Gasteiger partial charge in [-0.2, -0.15) is 0 Å². The number of aliphatic imine (C=N–C) groups is 1. The quantitative estimate of drug-likeness (QED) is 0.348. The molecular weight excluding hydrogens is 479 g/mol. The van der Waals surface area contributed by atoms with E-state index in [1.165, 1.54) is 24.0 Å². The van der Waals surface area contributed by atoms with Crippen LogP contribution in [0.3, 0.4) is 0 Å². The number of benzene rings is 1. The van der Waals surface area contributed by atoms with Gasteiger partial charge in [-0.1, -0.05) is 29.8 Å². The Morgan fingerprint density at radius 3 is 2.76 bits per heavy atom. The molecule has 0 amide bonds. The average molecular weight is 514 g/mol. The van der Waals surface area contributed by atoms with Gasteiger partial charge < -0.3 is 20.1 Å². The van der Waals surface area contributed by atoms with Crippen molar-refractivity contribution >= 4 is 29.9 Å². The molecule has 1 aromatic carbocycles. The third-order valence-corrected chi connectivity index (χ3v) is 6.11. The summed E-state index contributed by atoms with van der Waals surface area (Å²) in [5.74, 6) is 0.912. The first-order chi connectivity index (χ1) is 13.7. The lowest BCUT2D eigenvalue weighted by Gasteiger charge is -2.34. The van der Waals surface area contributed by atoms with E-state index in [2.05, 4.69) is 53.6 Å². The molecule has 0 radical (unpaired) electrons. The molecule has 6 nitrogen and oxygen atoms in total. The van der Waals surface area contributed by atoms with Crippen LogP contribution < -0.4 is 10.6 Å². The molecule has 162 valence electrons. The summed E-state index contributed by atoms with van der Waals surface area (Å²) in [5.41, 5.74) is 2.63. The fourth-order valence-electron chi connectivity index (χ4n) is 4.66. The first kappa shape index (κ1) is 22.8. The lowest BCUT2D eigenvalue weighted by Crippen LogP contribution is -2.48. The Hall–Kier alpha value is -0.900. The minimum Gasteiger partial charge on any atom is -0.379 e. The topological polar surface area (TPSA) is 58.1 Å².